The topological polar surface area (TPSA) is 21.3 Å². The summed E-state index contributed by atoms with van der Waals surface area (Å²) >= 11 is 0. The molecule has 0 fully saturated rings. The Labute approximate surface area is 120 Å². The second-order valence-electron chi connectivity index (χ2n) is 5.39. The van der Waals surface area contributed by atoms with Gasteiger partial charge in [0.1, 0.15) is 12.4 Å². The summed E-state index contributed by atoms with van der Waals surface area (Å²) in [6, 6.07) is 17.4. The van der Waals surface area contributed by atoms with Gasteiger partial charge in [0.2, 0.25) is 0 Å². The fourth-order valence-electron chi connectivity index (χ4n) is 2.68. The Balaban J connectivity index is 1.67. The van der Waals surface area contributed by atoms with Crippen molar-refractivity contribution in [1.29, 1.82) is 0 Å². The molecular formula is C18H21NO. The first kappa shape index (κ1) is 13.2. The van der Waals surface area contributed by atoms with Crippen LogP contribution in [0.4, 0.5) is 0 Å². The molecule has 1 atom stereocenters. The van der Waals surface area contributed by atoms with Crippen molar-refractivity contribution >= 4 is 0 Å². The standard InChI is InChI=1S/C18H21NO/c1-2-17-10-15-8-9-18(11-16(15)12-19-17)20-13-14-6-4-3-5-7-14/h3-9,11,17,19H,2,10,12-13H2,1H3. The molecule has 0 aliphatic carbocycles. The minimum atomic E-state index is 0.624. The molecule has 0 bridgehead atoms. The summed E-state index contributed by atoms with van der Waals surface area (Å²) in [4.78, 5) is 0. The van der Waals surface area contributed by atoms with E-state index in [4.69, 9.17) is 4.74 Å². The highest BCUT2D eigenvalue weighted by molar-refractivity contribution is 5.37. The molecule has 104 valence electrons. The van der Waals surface area contributed by atoms with Crippen molar-refractivity contribution in [2.24, 2.45) is 0 Å². The van der Waals surface area contributed by atoms with E-state index < -0.39 is 0 Å². The van der Waals surface area contributed by atoms with Gasteiger partial charge in [0.05, 0.1) is 0 Å². The lowest BCUT2D eigenvalue weighted by molar-refractivity contribution is 0.305. The van der Waals surface area contributed by atoms with Gasteiger partial charge < -0.3 is 10.1 Å². The first-order chi connectivity index (χ1) is 9.85. The van der Waals surface area contributed by atoms with Crippen molar-refractivity contribution in [2.75, 3.05) is 0 Å². The van der Waals surface area contributed by atoms with E-state index in [-0.39, 0.29) is 0 Å². The lowest BCUT2D eigenvalue weighted by atomic mass is 9.94. The zero-order chi connectivity index (χ0) is 13.8. The lowest BCUT2D eigenvalue weighted by Crippen LogP contribution is -2.34. The van der Waals surface area contributed by atoms with Gasteiger partial charge in [0.15, 0.2) is 0 Å². The molecule has 0 spiro atoms. The second kappa shape index (κ2) is 6.10. The van der Waals surface area contributed by atoms with E-state index in [1.807, 2.05) is 18.2 Å². The smallest absolute Gasteiger partial charge is 0.120 e. The molecule has 1 N–H and O–H groups in total. The van der Waals surface area contributed by atoms with Crippen LogP contribution in [0.5, 0.6) is 5.75 Å². The fourth-order valence-corrected chi connectivity index (χ4v) is 2.68. The van der Waals surface area contributed by atoms with Crippen LogP contribution in [-0.4, -0.2) is 6.04 Å². The highest BCUT2D eigenvalue weighted by atomic mass is 16.5. The number of hydrogen-bond acceptors (Lipinski definition) is 2. The van der Waals surface area contributed by atoms with Crippen LogP contribution in [0.2, 0.25) is 0 Å². The second-order valence-corrected chi connectivity index (χ2v) is 5.39. The van der Waals surface area contributed by atoms with Crippen LogP contribution < -0.4 is 10.1 Å². The van der Waals surface area contributed by atoms with Crippen molar-refractivity contribution < 1.29 is 4.74 Å². The van der Waals surface area contributed by atoms with Crippen molar-refractivity contribution in [3.05, 3.63) is 65.2 Å². The summed E-state index contributed by atoms with van der Waals surface area (Å²) in [5.74, 6) is 0.962. The summed E-state index contributed by atoms with van der Waals surface area (Å²) in [6.45, 7) is 3.82. The molecule has 3 rings (SSSR count). The van der Waals surface area contributed by atoms with Crippen molar-refractivity contribution in [2.45, 2.75) is 39.0 Å². The number of nitrogens with one attached hydrogen (secondary N) is 1. The fraction of sp³-hybridized carbons (Fsp3) is 0.333. The molecule has 0 aromatic heterocycles. The number of hydrogen-bond donors (Lipinski definition) is 1. The predicted octanol–water partition coefficient (Wildman–Crippen LogP) is 3.69. The van der Waals surface area contributed by atoms with Crippen molar-refractivity contribution in [1.82, 2.24) is 5.32 Å². The largest absolute Gasteiger partial charge is 0.489 e. The molecule has 1 aliphatic rings. The molecule has 1 aliphatic heterocycles. The Hall–Kier alpha value is -1.80. The Morgan fingerprint density at radius 2 is 1.95 bits per heavy atom. The first-order valence-corrected chi connectivity index (χ1v) is 7.37. The molecule has 20 heavy (non-hydrogen) atoms. The van der Waals surface area contributed by atoms with Gasteiger partial charge in [-0.05, 0) is 41.7 Å². The van der Waals surface area contributed by atoms with E-state index in [1.165, 1.54) is 23.1 Å². The van der Waals surface area contributed by atoms with Gasteiger partial charge in [-0.2, -0.15) is 0 Å². The zero-order valence-electron chi connectivity index (χ0n) is 11.9. The van der Waals surface area contributed by atoms with E-state index in [0.29, 0.717) is 12.6 Å². The zero-order valence-corrected chi connectivity index (χ0v) is 11.9. The minimum Gasteiger partial charge on any atom is -0.489 e. The van der Waals surface area contributed by atoms with Gasteiger partial charge in [-0.15, -0.1) is 0 Å². The van der Waals surface area contributed by atoms with Crippen LogP contribution in [-0.2, 0) is 19.6 Å². The summed E-state index contributed by atoms with van der Waals surface area (Å²) in [5.41, 5.74) is 4.04. The predicted molar refractivity (Wildman–Crippen MR) is 81.8 cm³/mol. The molecule has 2 heteroatoms. The molecule has 0 amide bonds. The van der Waals surface area contributed by atoms with Gasteiger partial charge >= 0.3 is 0 Å². The maximum Gasteiger partial charge on any atom is 0.120 e. The number of rotatable bonds is 4. The third-order valence-electron chi connectivity index (χ3n) is 3.97. The average molecular weight is 267 g/mol. The molecule has 1 heterocycles. The lowest BCUT2D eigenvalue weighted by Gasteiger charge is -2.25. The Morgan fingerprint density at radius 1 is 1.10 bits per heavy atom. The summed E-state index contributed by atoms with van der Waals surface area (Å²) in [5, 5.41) is 3.57. The highest BCUT2D eigenvalue weighted by Gasteiger charge is 2.16. The molecule has 2 nitrogen and oxygen atoms in total. The van der Waals surface area contributed by atoms with Crippen LogP contribution in [0.3, 0.4) is 0 Å². The maximum atomic E-state index is 5.88. The maximum absolute atomic E-state index is 5.88. The quantitative estimate of drug-likeness (QED) is 0.912. The van der Waals surface area contributed by atoms with E-state index in [0.717, 1.165) is 18.7 Å². The molecular weight excluding hydrogens is 246 g/mol. The van der Waals surface area contributed by atoms with Crippen molar-refractivity contribution in [3.8, 4) is 5.75 Å². The molecule has 0 saturated carbocycles. The molecule has 0 radical (unpaired) electrons. The van der Waals surface area contributed by atoms with Gasteiger partial charge in [-0.25, -0.2) is 0 Å². The van der Waals surface area contributed by atoms with Gasteiger partial charge in [-0.1, -0.05) is 43.3 Å². The molecule has 2 aromatic carbocycles. The van der Waals surface area contributed by atoms with Crippen molar-refractivity contribution in [3.63, 3.8) is 0 Å². The molecule has 1 unspecified atom stereocenters. The van der Waals surface area contributed by atoms with E-state index in [2.05, 4.69) is 42.6 Å². The van der Waals surface area contributed by atoms with Crippen LogP contribution in [0, 0.1) is 0 Å². The third-order valence-corrected chi connectivity index (χ3v) is 3.97. The monoisotopic (exact) mass is 267 g/mol. The normalized spacial score (nSPS) is 17.6. The van der Waals surface area contributed by atoms with Crippen LogP contribution in [0.25, 0.3) is 0 Å². The number of fused-ring (bicyclic) bond motifs is 1. The van der Waals surface area contributed by atoms with Gasteiger partial charge in [0.25, 0.3) is 0 Å². The summed E-state index contributed by atoms with van der Waals surface area (Å²) in [6.07, 6.45) is 2.32. The number of benzene rings is 2. The average Bonchev–Trinajstić information content (AvgIpc) is 2.53. The number of ether oxygens (including phenoxy) is 1. The van der Waals surface area contributed by atoms with Crippen LogP contribution in [0.1, 0.15) is 30.0 Å². The highest BCUT2D eigenvalue weighted by Crippen LogP contribution is 2.23. The summed E-state index contributed by atoms with van der Waals surface area (Å²) < 4.78 is 5.88. The third kappa shape index (κ3) is 3.02. The van der Waals surface area contributed by atoms with Crippen LogP contribution >= 0.6 is 0 Å². The van der Waals surface area contributed by atoms with E-state index >= 15 is 0 Å². The summed E-state index contributed by atoms with van der Waals surface area (Å²) in [7, 11) is 0. The Morgan fingerprint density at radius 3 is 2.75 bits per heavy atom. The SMILES string of the molecule is CCC1Cc2ccc(OCc3ccccc3)cc2CN1. The molecule has 0 saturated heterocycles. The van der Waals surface area contributed by atoms with Gasteiger partial charge in [0, 0.05) is 12.6 Å². The van der Waals surface area contributed by atoms with E-state index in [1.54, 1.807) is 0 Å². The first-order valence-electron chi connectivity index (χ1n) is 7.37. The Kier molecular flexibility index (Phi) is 4.03. The van der Waals surface area contributed by atoms with E-state index in [9.17, 15) is 0 Å². The minimum absolute atomic E-state index is 0.624. The molecule has 2 aromatic rings. The van der Waals surface area contributed by atoms with Crippen LogP contribution in [0.15, 0.2) is 48.5 Å². The Bertz CT molecular complexity index is 565. The van der Waals surface area contributed by atoms with Gasteiger partial charge in [-0.3, -0.25) is 0 Å².